The van der Waals surface area contributed by atoms with E-state index in [4.69, 9.17) is 9.47 Å². The van der Waals surface area contributed by atoms with E-state index in [2.05, 4.69) is 40.4 Å². The second kappa shape index (κ2) is 10.6. The van der Waals surface area contributed by atoms with Gasteiger partial charge < -0.3 is 20.1 Å². The third-order valence-corrected chi connectivity index (χ3v) is 5.37. The molecule has 0 aliphatic carbocycles. The van der Waals surface area contributed by atoms with Crippen LogP contribution in [-0.4, -0.2) is 37.7 Å². The maximum Gasteiger partial charge on any atom is 0.262 e. The molecule has 1 fully saturated rings. The molecule has 1 unspecified atom stereocenters. The first-order chi connectivity index (χ1) is 14.4. The minimum Gasteiger partial charge on any atom is -0.483 e. The van der Waals surface area contributed by atoms with E-state index < -0.39 is 0 Å². The number of nitrogens with one attached hydrogen (secondary N) is 2. The fourth-order valence-corrected chi connectivity index (χ4v) is 3.67. The van der Waals surface area contributed by atoms with Gasteiger partial charge in [0.25, 0.3) is 11.8 Å². The van der Waals surface area contributed by atoms with E-state index in [0.717, 1.165) is 29.5 Å². The third-order valence-electron chi connectivity index (χ3n) is 4.88. The van der Waals surface area contributed by atoms with Crippen molar-refractivity contribution >= 4 is 33.4 Å². The van der Waals surface area contributed by atoms with Crippen molar-refractivity contribution in [3.63, 3.8) is 0 Å². The molecule has 7 heteroatoms. The Kier molecular flexibility index (Phi) is 7.87. The Balaban J connectivity index is 1.54. The molecule has 30 heavy (non-hydrogen) atoms. The number of benzene rings is 2. The molecule has 0 aromatic heterocycles. The van der Waals surface area contributed by atoms with Gasteiger partial charge in [0.05, 0.1) is 6.10 Å². The average Bonchev–Trinajstić information content (AvgIpc) is 3.25. The van der Waals surface area contributed by atoms with Gasteiger partial charge in [-0.15, -0.1) is 0 Å². The van der Waals surface area contributed by atoms with Crippen LogP contribution in [0.5, 0.6) is 5.75 Å². The van der Waals surface area contributed by atoms with Crippen LogP contribution < -0.4 is 15.4 Å². The fourth-order valence-electron chi connectivity index (χ4n) is 3.29. The zero-order valence-electron chi connectivity index (χ0n) is 17.2. The van der Waals surface area contributed by atoms with Crippen molar-refractivity contribution in [2.24, 2.45) is 0 Å². The predicted octanol–water partition coefficient (Wildman–Crippen LogP) is 4.50. The van der Waals surface area contributed by atoms with Crippen LogP contribution in [-0.2, 0) is 9.53 Å². The van der Waals surface area contributed by atoms with Gasteiger partial charge in [-0.2, -0.15) is 0 Å². The number of anilines is 1. The predicted molar refractivity (Wildman–Crippen MR) is 120 cm³/mol. The van der Waals surface area contributed by atoms with E-state index in [1.54, 1.807) is 24.3 Å². The summed E-state index contributed by atoms with van der Waals surface area (Å²) in [5.41, 5.74) is 2.07. The summed E-state index contributed by atoms with van der Waals surface area (Å²) in [6, 6.07) is 12.6. The van der Waals surface area contributed by atoms with E-state index in [1.807, 2.05) is 18.2 Å². The molecule has 0 bridgehead atoms. The lowest BCUT2D eigenvalue weighted by molar-refractivity contribution is -0.118. The van der Waals surface area contributed by atoms with Gasteiger partial charge in [0.15, 0.2) is 6.61 Å². The zero-order valence-corrected chi connectivity index (χ0v) is 18.8. The third kappa shape index (κ3) is 6.31. The first-order valence-electron chi connectivity index (χ1n) is 10.1. The van der Waals surface area contributed by atoms with Crippen LogP contribution in [0.25, 0.3) is 0 Å². The second-order valence-electron chi connectivity index (χ2n) is 7.60. The quantitative estimate of drug-likeness (QED) is 0.590. The number of rotatable bonds is 8. The number of carbonyl (C=O) groups is 2. The van der Waals surface area contributed by atoms with Crippen LogP contribution in [0.3, 0.4) is 0 Å². The van der Waals surface area contributed by atoms with Crippen LogP contribution in [0.1, 0.15) is 48.5 Å². The smallest absolute Gasteiger partial charge is 0.262 e. The molecule has 1 saturated heterocycles. The molecule has 2 aromatic carbocycles. The van der Waals surface area contributed by atoms with Crippen molar-refractivity contribution in [3.8, 4) is 5.75 Å². The summed E-state index contributed by atoms with van der Waals surface area (Å²) in [5.74, 6) is 0.481. The Morgan fingerprint density at radius 2 is 2.07 bits per heavy atom. The lowest BCUT2D eigenvalue weighted by Crippen LogP contribution is -2.31. The summed E-state index contributed by atoms with van der Waals surface area (Å²) < 4.78 is 12.2. The number of hydrogen-bond acceptors (Lipinski definition) is 4. The highest BCUT2D eigenvalue weighted by molar-refractivity contribution is 9.10. The number of hydrogen-bond donors (Lipinski definition) is 2. The van der Waals surface area contributed by atoms with E-state index in [0.29, 0.717) is 23.5 Å². The number of halogens is 1. The van der Waals surface area contributed by atoms with Crippen molar-refractivity contribution in [1.29, 1.82) is 0 Å². The van der Waals surface area contributed by atoms with E-state index in [1.165, 1.54) is 0 Å². The summed E-state index contributed by atoms with van der Waals surface area (Å²) in [6.07, 6.45) is 2.08. The first kappa shape index (κ1) is 22.3. The Bertz CT molecular complexity index is 895. The molecule has 0 spiro atoms. The van der Waals surface area contributed by atoms with Gasteiger partial charge in [0, 0.05) is 28.9 Å². The number of ether oxygens (including phenoxy) is 2. The Hall–Kier alpha value is -2.38. The normalized spacial score (nSPS) is 15.8. The summed E-state index contributed by atoms with van der Waals surface area (Å²) in [4.78, 5) is 24.7. The van der Waals surface area contributed by atoms with Crippen molar-refractivity contribution in [3.05, 3.63) is 58.1 Å². The summed E-state index contributed by atoms with van der Waals surface area (Å²) in [5, 5.41) is 5.67. The van der Waals surface area contributed by atoms with Gasteiger partial charge >= 0.3 is 0 Å². The van der Waals surface area contributed by atoms with Gasteiger partial charge in [-0.3, -0.25) is 9.59 Å². The molecule has 1 aliphatic heterocycles. The fraction of sp³-hybridized carbons (Fsp3) is 0.391. The van der Waals surface area contributed by atoms with Crippen LogP contribution in [0, 0.1) is 0 Å². The highest BCUT2D eigenvalue weighted by Gasteiger charge is 2.17. The molecule has 0 saturated carbocycles. The summed E-state index contributed by atoms with van der Waals surface area (Å²) >= 11 is 3.46. The average molecular weight is 475 g/mol. The largest absolute Gasteiger partial charge is 0.483 e. The minimum atomic E-state index is -0.287. The van der Waals surface area contributed by atoms with Gasteiger partial charge in [-0.05, 0) is 60.7 Å². The van der Waals surface area contributed by atoms with Crippen LogP contribution in [0.4, 0.5) is 5.69 Å². The zero-order chi connectivity index (χ0) is 21.5. The van der Waals surface area contributed by atoms with Crippen LogP contribution in [0.15, 0.2) is 46.9 Å². The van der Waals surface area contributed by atoms with Gasteiger partial charge in [-0.1, -0.05) is 35.8 Å². The molecule has 0 radical (unpaired) electrons. The molecule has 3 rings (SSSR count). The summed E-state index contributed by atoms with van der Waals surface area (Å²) in [7, 11) is 0. The molecule has 2 aromatic rings. The standard InChI is InChI=1S/C23H27BrN2O4/c1-15(2)20-12-17(24)8-9-21(20)30-14-22(27)26-18-6-3-5-16(11-18)23(28)25-13-19-7-4-10-29-19/h3,5-6,8-9,11-12,15,19H,4,7,10,13-14H2,1-2H3,(H,25,28)(H,26,27). The molecule has 2 N–H and O–H groups in total. The molecule has 1 heterocycles. The van der Waals surface area contributed by atoms with E-state index in [9.17, 15) is 9.59 Å². The van der Waals surface area contributed by atoms with Crippen molar-refractivity contribution < 1.29 is 19.1 Å². The Morgan fingerprint density at radius 3 is 2.80 bits per heavy atom. The molecule has 1 aliphatic rings. The molecular formula is C23H27BrN2O4. The van der Waals surface area contributed by atoms with Crippen LogP contribution >= 0.6 is 15.9 Å². The topological polar surface area (TPSA) is 76.7 Å². The van der Waals surface area contributed by atoms with Gasteiger partial charge in [-0.25, -0.2) is 0 Å². The minimum absolute atomic E-state index is 0.0864. The molecule has 1 atom stereocenters. The number of carbonyl (C=O) groups excluding carboxylic acids is 2. The highest BCUT2D eigenvalue weighted by atomic mass is 79.9. The van der Waals surface area contributed by atoms with Crippen molar-refractivity contribution in [2.75, 3.05) is 25.1 Å². The molecular weight excluding hydrogens is 448 g/mol. The van der Waals surface area contributed by atoms with Gasteiger partial charge in [0.1, 0.15) is 5.75 Å². The van der Waals surface area contributed by atoms with Crippen molar-refractivity contribution in [2.45, 2.75) is 38.7 Å². The molecule has 160 valence electrons. The SMILES string of the molecule is CC(C)c1cc(Br)ccc1OCC(=O)Nc1cccc(C(=O)NCC2CCCO2)c1. The van der Waals surface area contributed by atoms with Gasteiger partial charge in [0.2, 0.25) is 0 Å². The lowest BCUT2D eigenvalue weighted by atomic mass is 10.0. The Morgan fingerprint density at radius 1 is 1.23 bits per heavy atom. The molecule has 6 nitrogen and oxygen atoms in total. The van der Waals surface area contributed by atoms with Crippen LogP contribution in [0.2, 0.25) is 0 Å². The monoisotopic (exact) mass is 474 g/mol. The lowest BCUT2D eigenvalue weighted by Gasteiger charge is -2.15. The maximum atomic E-state index is 12.4. The van der Waals surface area contributed by atoms with E-state index >= 15 is 0 Å². The first-order valence-corrected chi connectivity index (χ1v) is 10.9. The second-order valence-corrected chi connectivity index (χ2v) is 8.52. The molecule has 2 amide bonds. The maximum absolute atomic E-state index is 12.4. The summed E-state index contributed by atoms with van der Waals surface area (Å²) in [6.45, 7) is 5.28. The Labute approximate surface area is 185 Å². The van der Waals surface area contributed by atoms with E-state index in [-0.39, 0.29) is 30.4 Å². The highest BCUT2D eigenvalue weighted by Crippen LogP contribution is 2.29. The van der Waals surface area contributed by atoms with Crippen molar-refractivity contribution in [1.82, 2.24) is 5.32 Å². The number of amides is 2.